The van der Waals surface area contributed by atoms with Gasteiger partial charge in [0, 0.05) is 0 Å². The van der Waals surface area contributed by atoms with Gasteiger partial charge in [0.15, 0.2) is 0 Å². The van der Waals surface area contributed by atoms with Gasteiger partial charge in [0.2, 0.25) is 0 Å². The summed E-state index contributed by atoms with van der Waals surface area (Å²) in [4.78, 5) is 4.64. The van der Waals surface area contributed by atoms with E-state index in [2.05, 4.69) is 55.5 Å². The van der Waals surface area contributed by atoms with Gasteiger partial charge in [-0.2, -0.15) is 0 Å². The van der Waals surface area contributed by atoms with Crippen molar-refractivity contribution in [2.24, 2.45) is 4.99 Å². The van der Waals surface area contributed by atoms with E-state index in [0.717, 1.165) is 19.4 Å². The summed E-state index contributed by atoms with van der Waals surface area (Å²) in [6, 6.07) is 0. The Kier molecular flexibility index (Phi) is 12.8. The fourth-order valence-electron chi connectivity index (χ4n) is 2.86. The van der Waals surface area contributed by atoms with Crippen LogP contribution in [0.25, 0.3) is 0 Å². The van der Waals surface area contributed by atoms with Crippen LogP contribution in [0.3, 0.4) is 0 Å². The first-order chi connectivity index (χ1) is 9.68. The second-order valence-corrected chi connectivity index (χ2v) is 14.1. The van der Waals surface area contributed by atoms with Gasteiger partial charge in [-0.05, 0) is 0 Å². The molecule has 0 fully saturated rings. The Labute approximate surface area is 135 Å². The molecule has 0 atom stereocenters. The Bertz CT molecular complexity index is 291. The minimum atomic E-state index is -1.57. The molecule has 2 nitrogen and oxygen atoms in total. The molecule has 3 heteroatoms. The van der Waals surface area contributed by atoms with Crippen molar-refractivity contribution in [3.63, 3.8) is 0 Å². The van der Waals surface area contributed by atoms with E-state index in [0.29, 0.717) is 0 Å². The van der Waals surface area contributed by atoms with E-state index in [1.165, 1.54) is 33.5 Å². The molecule has 0 aliphatic carbocycles. The second-order valence-electron chi connectivity index (χ2n) is 5.33. The van der Waals surface area contributed by atoms with E-state index in [4.69, 9.17) is 0 Å². The van der Waals surface area contributed by atoms with E-state index in [9.17, 15) is 0 Å². The summed E-state index contributed by atoms with van der Waals surface area (Å²) >= 11 is -1.57. The number of nitrogens with zero attached hydrogens (tertiary/aromatic N) is 2. The first-order valence-corrected chi connectivity index (χ1v) is 14.8. The predicted octanol–water partition coefficient (Wildman–Crippen LogP) is 5.28. The van der Waals surface area contributed by atoms with Crippen molar-refractivity contribution in [2.75, 3.05) is 13.1 Å². The van der Waals surface area contributed by atoms with Crippen LogP contribution in [0.5, 0.6) is 0 Å². The maximum absolute atomic E-state index is 4.64. The summed E-state index contributed by atoms with van der Waals surface area (Å²) in [6.45, 7) is 15.8. The molecule has 0 amide bonds. The van der Waals surface area contributed by atoms with Gasteiger partial charge in [0.05, 0.1) is 0 Å². The van der Waals surface area contributed by atoms with Crippen LogP contribution in [0.15, 0.2) is 16.8 Å². The molecule has 0 rings (SSSR count). The van der Waals surface area contributed by atoms with Crippen molar-refractivity contribution in [2.45, 2.75) is 75.6 Å². The van der Waals surface area contributed by atoms with Crippen molar-refractivity contribution in [3.05, 3.63) is 11.8 Å². The molecule has 0 aliphatic heterocycles. The van der Waals surface area contributed by atoms with Crippen LogP contribution in [-0.4, -0.2) is 43.4 Å². The number of rotatable bonds is 11. The zero-order valence-corrected chi connectivity index (χ0v) is 18.0. The fraction of sp³-hybridized carbons (Fsp3) is 0.824. The van der Waals surface area contributed by atoms with Crippen molar-refractivity contribution in [1.29, 1.82) is 0 Å². The Hall–Kier alpha value is 0.0801. The van der Waals surface area contributed by atoms with Gasteiger partial charge in [-0.3, -0.25) is 0 Å². The van der Waals surface area contributed by atoms with Crippen LogP contribution in [0.1, 0.15) is 67.2 Å². The third-order valence-electron chi connectivity index (χ3n) is 3.81. The maximum atomic E-state index is 4.64. The molecule has 20 heavy (non-hydrogen) atoms. The van der Waals surface area contributed by atoms with E-state index in [1.54, 1.807) is 5.70 Å². The molecular formula is C17H35InN2. The summed E-state index contributed by atoms with van der Waals surface area (Å²) in [7, 11) is 0. The standard InChI is InChI=1S/C11H21N2.2C3H7.In/c1-5-10(12-7-3)9-11(6-2)13-8-4;2*1-3-2;/h9H,5-8H2,1-4H3;2*1,3H2,2H3;/q-1;;;+1/b10-9-,13-11?;;;. The van der Waals surface area contributed by atoms with Gasteiger partial charge in [0.1, 0.15) is 0 Å². The van der Waals surface area contributed by atoms with Crippen molar-refractivity contribution in [1.82, 2.24) is 2.89 Å². The molecule has 0 unspecified atom stereocenters. The third kappa shape index (κ3) is 7.19. The fourth-order valence-corrected chi connectivity index (χ4v) is 12.8. The van der Waals surface area contributed by atoms with Crippen LogP contribution < -0.4 is 0 Å². The molecule has 0 bridgehead atoms. The molecule has 0 aromatic rings. The van der Waals surface area contributed by atoms with E-state index in [1.807, 2.05) is 0 Å². The van der Waals surface area contributed by atoms with Crippen LogP contribution in [-0.2, 0) is 0 Å². The van der Waals surface area contributed by atoms with Gasteiger partial charge < -0.3 is 0 Å². The zero-order chi connectivity index (χ0) is 15.4. The Morgan fingerprint density at radius 2 is 1.55 bits per heavy atom. The Morgan fingerprint density at radius 3 is 1.90 bits per heavy atom. The summed E-state index contributed by atoms with van der Waals surface area (Å²) in [6.07, 6.45) is 7.31. The second kappa shape index (κ2) is 12.8. The van der Waals surface area contributed by atoms with Gasteiger partial charge in [-0.15, -0.1) is 0 Å². The van der Waals surface area contributed by atoms with Gasteiger partial charge >= 0.3 is 136 Å². The third-order valence-corrected chi connectivity index (χ3v) is 15.4. The molecule has 0 N–H and O–H groups in total. The van der Waals surface area contributed by atoms with Crippen molar-refractivity contribution < 1.29 is 0 Å². The molecule has 0 saturated heterocycles. The molecule has 0 spiro atoms. The van der Waals surface area contributed by atoms with Gasteiger partial charge in [-0.1, -0.05) is 0 Å². The van der Waals surface area contributed by atoms with Crippen LogP contribution >= 0.6 is 0 Å². The predicted molar refractivity (Wildman–Crippen MR) is 95.0 cm³/mol. The Morgan fingerprint density at radius 1 is 0.950 bits per heavy atom. The number of allylic oxidation sites excluding steroid dienone is 2. The topological polar surface area (TPSA) is 15.6 Å². The van der Waals surface area contributed by atoms with Crippen LogP contribution in [0.4, 0.5) is 0 Å². The molecule has 0 saturated carbocycles. The molecule has 116 valence electrons. The first kappa shape index (κ1) is 20.1. The number of hydrogen-bond donors (Lipinski definition) is 0. The zero-order valence-electron chi connectivity index (χ0n) is 14.7. The average Bonchev–Trinajstić information content (AvgIpc) is 2.46. The summed E-state index contributed by atoms with van der Waals surface area (Å²) in [5.74, 6) is 0. The molecule has 0 aromatic carbocycles. The van der Waals surface area contributed by atoms with Crippen molar-refractivity contribution >= 4 is 27.4 Å². The molecule has 0 aromatic heterocycles. The van der Waals surface area contributed by atoms with Gasteiger partial charge in [0.25, 0.3) is 0 Å². The summed E-state index contributed by atoms with van der Waals surface area (Å²) in [5.41, 5.74) is 2.84. The van der Waals surface area contributed by atoms with Crippen LogP contribution in [0.2, 0.25) is 8.35 Å². The van der Waals surface area contributed by atoms with E-state index >= 15 is 0 Å². The first-order valence-electron chi connectivity index (χ1n) is 8.68. The normalized spacial score (nSPS) is 12.7. The quantitative estimate of drug-likeness (QED) is 0.444. The Balaban J connectivity index is 5.20. The van der Waals surface area contributed by atoms with Crippen molar-refractivity contribution in [3.8, 4) is 0 Å². The summed E-state index contributed by atoms with van der Waals surface area (Å²) in [5, 5.41) is 0. The number of aliphatic imine (C=N–C) groups is 1. The van der Waals surface area contributed by atoms with Gasteiger partial charge in [-0.25, -0.2) is 0 Å². The van der Waals surface area contributed by atoms with E-state index in [-0.39, 0.29) is 0 Å². The monoisotopic (exact) mass is 382 g/mol. The SMILES string of the molecule is CC[CH2][In]([CH2]CC)[N](CC)/C(=C\C(CC)=NCC)CC. The molecule has 0 heterocycles. The molecular weight excluding hydrogens is 347 g/mol. The molecule has 0 aliphatic rings. The van der Waals surface area contributed by atoms with Crippen LogP contribution in [0, 0.1) is 0 Å². The minimum absolute atomic E-state index is 0.902. The molecule has 0 radical (unpaired) electrons. The van der Waals surface area contributed by atoms with E-state index < -0.39 is 21.7 Å². The number of hydrogen-bond acceptors (Lipinski definition) is 2. The summed E-state index contributed by atoms with van der Waals surface area (Å²) < 4.78 is 5.84. The average molecular weight is 382 g/mol.